The molecule has 1 amide bonds. The second kappa shape index (κ2) is 9.67. The van der Waals surface area contributed by atoms with Gasteiger partial charge in [0.25, 0.3) is 5.91 Å². The Morgan fingerprint density at radius 3 is 2.54 bits per heavy atom. The second-order valence-electron chi connectivity index (χ2n) is 7.77. The maximum atomic E-state index is 12.5. The second-order valence-corrected chi connectivity index (χ2v) is 8.75. The van der Waals surface area contributed by atoms with Gasteiger partial charge in [0.15, 0.2) is 5.13 Å². The maximum absolute atomic E-state index is 12.5. The van der Waals surface area contributed by atoms with Crippen molar-refractivity contribution in [1.29, 1.82) is 0 Å². The lowest BCUT2D eigenvalue weighted by Gasteiger charge is -2.40. The van der Waals surface area contributed by atoms with Gasteiger partial charge in [-0.05, 0) is 31.8 Å². The van der Waals surface area contributed by atoms with E-state index >= 15 is 0 Å². The first-order valence-electron chi connectivity index (χ1n) is 10.2. The van der Waals surface area contributed by atoms with Gasteiger partial charge in [-0.2, -0.15) is 0 Å². The van der Waals surface area contributed by atoms with Gasteiger partial charge in [0.05, 0.1) is 12.1 Å². The predicted molar refractivity (Wildman–Crippen MR) is 110 cm³/mol. The highest BCUT2D eigenvalue weighted by Crippen LogP contribution is 2.31. The Labute approximate surface area is 170 Å². The van der Waals surface area contributed by atoms with Crippen molar-refractivity contribution in [1.82, 2.24) is 20.5 Å². The Kier molecular flexibility index (Phi) is 7.25. The summed E-state index contributed by atoms with van der Waals surface area (Å²) in [6.07, 6.45) is 2.36. The first-order valence-corrected chi connectivity index (χ1v) is 11.0. The molecule has 8 nitrogen and oxygen atoms in total. The number of nitrogens with zero attached hydrogens (tertiary/aromatic N) is 3. The van der Waals surface area contributed by atoms with Crippen LogP contribution in [0.1, 0.15) is 54.4 Å². The van der Waals surface area contributed by atoms with E-state index in [-0.39, 0.29) is 24.8 Å². The van der Waals surface area contributed by atoms with Crippen molar-refractivity contribution in [2.24, 2.45) is 0 Å². The summed E-state index contributed by atoms with van der Waals surface area (Å²) in [7, 11) is 0. The summed E-state index contributed by atoms with van der Waals surface area (Å²) in [5.41, 5.74) is 0.800. The molecule has 0 saturated carbocycles. The van der Waals surface area contributed by atoms with E-state index in [4.69, 9.17) is 10.1 Å². The van der Waals surface area contributed by atoms with E-state index in [0.29, 0.717) is 10.9 Å². The number of aliphatic carboxylic acids is 1. The Bertz CT molecular complexity index is 679. The molecule has 0 radical (unpaired) electrons. The molecule has 1 aromatic heterocycles. The zero-order chi connectivity index (χ0) is 20.1. The summed E-state index contributed by atoms with van der Waals surface area (Å²) in [6, 6.07) is 0.682. The third kappa shape index (κ3) is 5.21. The van der Waals surface area contributed by atoms with Crippen LogP contribution in [0.5, 0.6) is 0 Å². The minimum Gasteiger partial charge on any atom is -0.481 e. The number of carbonyl (C=O) groups is 2. The average Bonchev–Trinajstić information content (AvgIpc) is 3.14. The monoisotopic (exact) mass is 409 g/mol. The largest absolute Gasteiger partial charge is 0.481 e. The number of carboxylic acid groups (broad SMARTS) is 1. The van der Waals surface area contributed by atoms with Crippen LogP contribution in [-0.4, -0.2) is 78.7 Å². The smallest absolute Gasteiger partial charge is 0.305 e. The van der Waals surface area contributed by atoms with E-state index in [0.717, 1.165) is 50.1 Å². The molecule has 2 fully saturated rings. The molecule has 0 atom stereocenters. The molecule has 3 rings (SSSR count). The van der Waals surface area contributed by atoms with Gasteiger partial charge in [-0.25, -0.2) is 4.98 Å². The van der Waals surface area contributed by atoms with Gasteiger partial charge in [-0.3, -0.25) is 14.5 Å². The normalized spacial score (nSPS) is 19.2. The fourth-order valence-electron chi connectivity index (χ4n) is 3.82. The van der Waals surface area contributed by atoms with E-state index in [1.54, 1.807) is 0 Å². The van der Waals surface area contributed by atoms with E-state index in [2.05, 4.69) is 20.4 Å². The Morgan fingerprint density at radius 2 is 1.93 bits per heavy atom. The summed E-state index contributed by atoms with van der Waals surface area (Å²) in [5, 5.41) is 15.8. The molecule has 9 heteroatoms. The fraction of sp³-hybridized carbons (Fsp3) is 0.737. The van der Waals surface area contributed by atoms with Crippen molar-refractivity contribution in [3.8, 4) is 0 Å². The molecule has 1 aromatic rings. The topological polar surface area (TPSA) is 97.8 Å². The van der Waals surface area contributed by atoms with Crippen LogP contribution in [0.15, 0.2) is 0 Å². The van der Waals surface area contributed by atoms with Crippen molar-refractivity contribution in [2.75, 3.05) is 50.7 Å². The molecular weight excluding hydrogens is 378 g/mol. The maximum Gasteiger partial charge on any atom is 0.305 e. The third-order valence-corrected chi connectivity index (χ3v) is 6.56. The minimum atomic E-state index is -0.916. The van der Waals surface area contributed by atoms with Crippen LogP contribution in [0.3, 0.4) is 0 Å². The van der Waals surface area contributed by atoms with Gasteiger partial charge in [0.2, 0.25) is 0 Å². The number of thiazole rings is 1. The van der Waals surface area contributed by atoms with Gasteiger partial charge in [0.1, 0.15) is 4.88 Å². The van der Waals surface area contributed by atoms with Crippen LogP contribution in [0, 0.1) is 0 Å². The number of amides is 1. The van der Waals surface area contributed by atoms with Gasteiger partial charge in [0, 0.05) is 38.8 Å². The molecule has 0 aromatic carbocycles. The molecule has 0 aliphatic carbocycles. The molecule has 3 N–H and O–H groups in total. The van der Waals surface area contributed by atoms with Gasteiger partial charge in [-0.15, -0.1) is 0 Å². The zero-order valence-corrected chi connectivity index (χ0v) is 17.6. The quantitative estimate of drug-likeness (QED) is 0.625. The molecule has 2 aliphatic rings. The molecule has 0 spiro atoms. The van der Waals surface area contributed by atoms with Crippen molar-refractivity contribution in [3.05, 3.63) is 10.6 Å². The molecular formula is C19H31N5O3S. The van der Waals surface area contributed by atoms with Crippen molar-refractivity contribution >= 4 is 28.3 Å². The van der Waals surface area contributed by atoms with E-state index in [1.165, 1.54) is 24.2 Å². The molecule has 0 bridgehead atoms. The third-order valence-electron chi connectivity index (χ3n) is 5.43. The van der Waals surface area contributed by atoms with E-state index in [1.807, 2.05) is 13.8 Å². The van der Waals surface area contributed by atoms with Crippen molar-refractivity contribution in [3.63, 3.8) is 0 Å². The van der Waals surface area contributed by atoms with Gasteiger partial charge < -0.3 is 20.6 Å². The fourth-order valence-corrected chi connectivity index (χ4v) is 5.01. The lowest BCUT2D eigenvalue weighted by molar-refractivity contribution is -0.136. The SMILES string of the molecule is CC(C)c1nc(N2CCN(C3CCNCC3)CC2)sc1C(=O)NCCC(=O)O. The zero-order valence-electron chi connectivity index (χ0n) is 16.7. The highest BCUT2D eigenvalue weighted by molar-refractivity contribution is 7.17. The minimum absolute atomic E-state index is 0.0763. The lowest BCUT2D eigenvalue weighted by Crippen LogP contribution is -2.52. The molecule has 3 heterocycles. The number of rotatable bonds is 7. The Morgan fingerprint density at radius 1 is 1.25 bits per heavy atom. The number of carbonyl (C=O) groups excluding carboxylic acids is 1. The van der Waals surface area contributed by atoms with Crippen LogP contribution in [0.4, 0.5) is 5.13 Å². The van der Waals surface area contributed by atoms with Crippen molar-refractivity contribution < 1.29 is 14.7 Å². The summed E-state index contributed by atoms with van der Waals surface area (Å²) in [6.45, 7) is 10.3. The standard InChI is InChI=1S/C19H31N5O3S/c1-13(2)16-17(18(27)21-8-5-15(25)26)28-19(22-16)24-11-9-23(10-12-24)14-3-6-20-7-4-14/h13-14,20H,3-12H2,1-2H3,(H,21,27)(H,25,26). The number of piperidine rings is 1. The molecule has 2 aliphatic heterocycles. The predicted octanol–water partition coefficient (Wildman–Crippen LogP) is 1.35. The molecule has 2 saturated heterocycles. The van der Waals surface area contributed by atoms with Crippen LogP contribution >= 0.6 is 11.3 Å². The number of anilines is 1. The van der Waals surface area contributed by atoms with E-state index < -0.39 is 5.97 Å². The number of nitrogens with one attached hydrogen (secondary N) is 2. The lowest BCUT2D eigenvalue weighted by atomic mass is 10.0. The molecule has 28 heavy (non-hydrogen) atoms. The van der Waals surface area contributed by atoms with Gasteiger partial charge >= 0.3 is 5.97 Å². The summed E-state index contributed by atoms with van der Waals surface area (Å²) < 4.78 is 0. The van der Waals surface area contributed by atoms with Crippen LogP contribution in [0.2, 0.25) is 0 Å². The average molecular weight is 410 g/mol. The van der Waals surface area contributed by atoms with Gasteiger partial charge in [-0.1, -0.05) is 25.2 Å². The summed E-state index contributed by atoms with van der Waals surface area (Å²) in [4.78, 5) is 33.5. The highest BCUT2D eigenvalue weighted by atomic mass is 32.1. The van der Waals surface area contributed by atoms with Crippen molar-refractivity contribution in [2.45, 2.75) is 45.1 Å². The number of hydrogen-bond acceptors (Lipinski definition) is 7. The number of piperazine rings is 1. The first kappa shape index (κ1) is 21.0. The van der Waals surface area contributed by atoms with Crippen LogP contribution in [0.25, 0.3) is 0 Å². The van der Waals surface area contributed by atoms with E-state index in [9.17, 15) is 9.59 Å². The number of aromatic nitrogens is 1. The summed E-state index contributed by atoms with van der Waals surface area (Å²) >= 11 is 1.42. The Hall–Kier alpha value is -1.71. The highest BCUT2D eigenvalue weighted by Gasteiger charge is 2.28. The molecule has 156 valence electrons. The van der Waals surface area contributed by atoms with Crippen LogP contribution in [-0.2, 0) is 4.79 Å². The first-order chi connectivity index (χ1) is 13.5. The van der Waals surface area contributed by atoms with Crippen LogP contribution < -0.4 is 15.5 Å². The molecule has 0 unspecified atom stereocenters. The summed E-state index contributed by atoms with van der Waals surface area (Å²) in [5.74, 6) is -0.996. The Balaban J connectivity index is 1.62. The number of carboxylic acids is 1. The number of hydrogen-bond donors (Lipinski definition) is 3.